The Morgan fingerprint density at radius 2 is 1.76 bits per heavy atom. The largest absolute Gasteiger partial charge is 0.468 e. The highest BCUT2D eigenvalue weighted by Gasteiger charge is 2.23. The van der Waals surface area contributed by atoms with Crippen LogP contribution in [0.4, 0.5) is 0 Å². The Bertz CT molecular complexity index is 341. The van der Waals surface area contributed by atoms with Gasteiger partial charge in [-0.25, -0.2) is 0 Å². The maximum absolute atomic E-state index is 11.6. The molecule has 0 aromatic rings. The normalized spacial score (nSPS) is 13.6. The van der Waals surface area contributed by atoms with Gasteiger partial charge < -0.3 is 13.8 Å². The van der Waals surface area contributed by atoms with Crippen LogP contribution in [0.25, 0.3) is 0 Å². The summed E-state index contributed by atoms with van der Waals surface area (Å²) in [5.41, 5.74) is 0. The lowest BCUT2D eigenvalue weighted by molar-refractivity contribution is -0.148. The molecular formula is C10H17O6P. The lowest BCUT2D eigenvalue weighted by Crippen LogP contribution is -2.22. The van der Waals surface area contributed by atoms with Gasteiger partial charge in [0, 0.05) is 20.0 Å². The van der Waals surface area contributed by atoms with Gasteiger partial charge in [-0.15, -0.1) is 0 Å². The number of carbonyl (C=O) groups is 2. The first-order valence-electron chi connectivity index (χ1n) is 4.87. The molecule has 0 aliphatic heterocycles. The van der Waals surface area contributed by atoms with E-state index in [9.17, 15) is 14.2 Å². The SMILES string of the molecule is COC(=O)C(C/C=C/P(=O)(OC)OC)C(C)=O. The summed E-state index contributed by atoms with van der Waals surface area (Å²) in [6, 6.07) is 0. The Hall–Kier alpha value is -0.970. The molecule has 1 atom stereocenters. The summed E-state index contributed by atoms with van der Waals surface area (Å²) in [6.07, 6.45) is 1.51. The van der Waals surface area contributed by atoms with E-state index in [-0.39, 0.29) is 12.2 Å². The van der Waals surface area contributed by atoms with Crippen molar-refractivity contribution in [3.63, 3.8) is 0 Å². The molecule has 17 heavy (non-hydrogen) atoms. The maximum atomic E-state index is 11.6. The summed E-state index contributed by atoms with van der Waals surface area (Å²) in [5, 5.41) is 0. The molecule has 0 spiro atoms. The van der Waals surface area contributed by atoms with Crippen molar-refractivity contribution < 1.29 is 27.9 Å². The van der Waals surface area contributed by atoms with Crippen molar-refractivity contribution in [2.45, 2.75) is 13.3 Å². The highest BCUT2D eigenvalue weighted by Crippen LogP contribution is 2.48. The summed E-state index contributed by atoms with van der Waals surface area (Å²) < 4.78 is 25.4. The van der Waals surface area contributed by atoms with Gasteiger partial charge in [0.15, 0.2) is 0 Å². The van der Waals surface area contributed by atoms with Crippen LogP contribution in [0.3, 0.4) is 0 Å². The maximum Gasteiger partial charge on any atom is 0.353 e. The minimum atomic E-state index is -3.25. The van der Waals surface area contributed by atoms with Gasteiger partial charge in [0.05, 0.1) is 7.11 Å². The third-order valence-electron chi connectivity index (χ3n) is 2.15. The Kier molecular flexibility index (Phi) is 6.95. The number of ether oxygens (including phenoxy) is 1. The number of carbonyl (C=O) groups excluding carboxylic acids is 2. The van der Waals surface area contributed by atoms with E-state index < -0.39 is 19.5 Å². The molecule has 0 bridgehead atoms. The summed E-state index contributed by atoms with van der Waals surface area (Å²) in [7, 11) is 0.450. The number of esters is 1. The lowest BCUT2D eigenvalue weighted by Gasteiger charge is -2.10. The summed E-state index contributed by atoms with van der Waals surface area (Å²) in [5.74, 6) is -0.609. The minimum Gasteiger partial charge on any atom is -0.468 e. The second kappa shape index (κ2) is 7.37. The third-order valence-corrected chi connectivity index (χ3v) is 3.74. The standard InChI is InChI=1S/C10H17O6P/c1-8(11)9(10(12)14-2)6-5-7-17(13,15-3)16-4/h5,7,9H,6H2,1-4H3/b7-5+. The van der Waals surface area contributed by atoms with Gasteiger partial charge in [-0.3, -0.25) is 14.2 Å². The fourth-order valence-corrected chi connectivity index (χ4v) is 1.87. The van der Waals surface area contributed by atoms with Gasteiger partial charge >= 0.3 is 13.6 Å². The van der Waals surface area contributed by atoms with E-state index in [4.69, 9.17) is 0 Å². The van der Waals surface area contributed by atoms with E-state index in [0.717, 1.165) is 0 Å². The van der Waals surface area contributed by atoms with E-state index in [0.29, 0.717) is 0 Å². The van der Waals surface area contributed by atoms with Gasteiger partial charge in [0.25, 0.3) is 0 Å². The molecule has 1 unspecified atom stereocenters. The first kappa shape index (κ1) is 16.0. The van der Waals surface area contributed by atoms with Crippen LogP contribution in [0, 0.1) is 5.92 Å². The van der Waals surface area contributed by atoms with E-state index in [1.54, 1.807) is 0 Å². The average Bonchev–Trinajstić information content (AvgIpc) is 2.33. The molecule has 98 valence electrons. The number of methoxy groups -OCH3 is 1. The van der Waals surface area contributed by atoms with E-state index in [1.165, 1.54) is 40.1 Å². The quantitative estimate of drug-likeness (QED) is 0.396. The second-order valence-corrected chi connectivity index (χ2v) is 5.32. The summed E-state index contributed by atoms with van der Waals surface area (Å²) in [4.78, 5) is 22.4. The first-order chi connectivity index (χ1) is 7.90. The lowest BCUT2D eigenvalue weighted by atomic mass is 10.0. The molecule has 6 nitrogen and oxygen atoms in total. The van der Waals surface area contributed by atoms with Crippen LogP contribution in [0.2, 0.25) is 0 Å². The number of hydrogen-bond acceptors (Lipinski definition) is 6. The fourth-order valence-electron chi connectivity index (χ4n) is 1.09. The van der Waals surface area contributed by atoms with Crippen LogP contribution < -0.4 is 0 Å². The van der Waals surface area contributed by atoms with Crippen molar-refractivity contribution in [1.29, 1.82) is 0 Å². The second-order valence-electron chi connectivity index (χ2n) is 3.21. The van der Waals surface area contributed by atoms with E-state index >= 15 is 0 Å². The highest BCUT2D eigenvalue weighted by molar-refractivity contribution is 7.57. The van der Waals surface area contributed by atoms with E-state index in [2.05, 4.69) is 13.8 Å². The Balaban J connectivity index is 4.61. The molecule has 0 saturated carbocycles. The highest BCUT2D eigenvalue weighted by atomic mass is 31.2. The van der Waals surface area contributed by atoms with Gasteiger partial charge in [0.2, 0.25) is 0 Å². The number of allylic oxidation sites excluding steroid dienone is 1. The van der Waals surface area contributed by atoms with Gasteiger partial charge in [-0.05, 0) is 13.3 Å². The summed E-state index contributed by atoms with van der Waals surface area (Å²) >= 11 is 0. The zero-order valence-electron chi connectivity index (χ0n) is 10.3. The zero-order chi connectivity index (χ0) is 13.5. The first-order valence-corrected chi connectivity index (χ1v) is 6.48. The van der Waals surface area contributed by atoms with Crippen molar-refractivity contribution in [3.8, 4) is 0 Å². The van der Waals surface area contributed by atoms with Crippen molar-refractivity contribution in [3.05, 3.63) is 11.9 Å². The van der Waals surface area contributed by atoms with Crippen LogP contribution in [-0.4, -0.2) is 33.1 Å². The zero-order valence-corrected chi connectivity index (χ0v) is 11.2. The molecule has 0 N–H and O–H groups in total. The van der Waals surface area contributed by atoms with Crippen LogP contribution in [-0.2, 0) is 27.9 Å². The molecule has 0 saturated heterocycles. The molecular weight excluding hydrogens is 247 g/mol. The fraction of sp³-hybridized carbons (Fsp3) is 0.600. The Morgan fingerprint density at radius 1 is 1.24 bits per heavy atom. The van der Waals surface area contributed by atoms with Crippen molar-refractivity contribution in [2.24, 2.45) is 5.92 Å². The summed E-state index contributed by atoms with van der Waals surface area (Å²) in [6.45, 7) is 1.29. The van der Waals surface area contributed by atoms with Crippen LogP contribution in [0.5, 0.6) is 0 Å². The Morgan fingerprint density at radius 3 is 2.12 bits per heavy atom. The predicted molar refractivity (Wildman–Crippen MR) is 61.6 cm³/mol. The number of ketones is 1. The molecule has 0 amide bonds. The smallest absolute Gasteiger partial charge is 0.353 e. The van der Waals surface area contributed by atoms with Crippen molar-refractivity contribution >= 4 is 19.3 Å². The molecule has 0 aromatic carbocycles. The molecule has 0 radical (unpaired) electrons. The molecule has 0 heterocycles. The molecule has 0 fully saturated rings. The predicted octanol–water partition coefficient (Wildman–Crippen LogP) is 1.75. The molecule has 0 aliphatic carbocycles. The van der Waals surface area contributed by atoms with Gasteiger partial charge in [-0.1, -0.05) is 6.08 Å². The van der Waals surface area contributed by atoms with Crippen LogP contribution >= 0.6 is 7.60 Å². The Labute approximate surface area is 100 Å². The van der Waals surface area contributed by atoms with Gasteiger partial charge in [-0.2, -0.15) is 0 Å². The molecule has 0 aliphatic rings. The molecule has 0 rings (SSSR count). The van der Waals surface area contributed by atoms with Crippen molar-refractivity contribution in [2.75, 3.05) is 21.3 Å². The number of Topliss-reactive ketones (excluding diaryl/α,β-unsaturated/α-hetero) is 1. The van der Waals surface area contributed by atoms with Crippen LogP contribution in [0.1, 0.15) is 13.3 Å². The van der Waals surface area contributed by atoms with Crippen LogP contribution in [0.15, 0.2) is 11.9 Å². The topological polar surface area (TPSA) is 78.9 Å². The monoisotopic (exact) mass is 264 g/mol. The number of rotatable bonds is 7. The van der Waals surface area contributed by atoms with E-state index in [1.807, 2.05) is 0 Å². The molecule has 0 aromatic heterocycles. The average molecular weight is 264 g/mol. The third kappa shape index (κ3) is 5.26. The van der Waals surface area contributed by atoms with Gasteiger partial charge in [0.1, 0.15) is 11.7 Å². The number of hydrogen-bond donors (Lipinski definition) is 0. The van der Waals surface area contributed by atoms with Crippen molar-refractivity contribution in [1.82, 2.24) is 0 Å². The molecule has 7 heteroatoms. The minimum absolute atomic E-state index is 0.0959.